The molecule has 0 aliphatic carbocycles. The highest BCUT2D eigenvalue weighted by molar-refractivity contribution is 8.18. The van der Waals surface area contributed by atoms with Crippen LogP contribution in [0.25, 0.3) is 6.08 Å². The Morgan fingerprint density at radius 3 is 2.64 bits per heavy atom. The minimum atomic E-state index is -0.460. The van der Waals surface area contributed by atoms with Crippen LogP contribution in [-0.2, 0) is 17.8 Å². The molecule has 0 spiro atoms. The second-order valence-electron chi connectivity index (χ2n) is 7.00. The molecule has 1 saturated heterocycles. The largest absolute Gasteiger partial charge is 0.493 e. The zero-order valence-corrected chi connectivity index (χ0v) is 18.8. The van der Waals surface area contributed by atoms with Gasteiger partial charge in [-0.2, -0.15) is 0 Å². The first kappa shape index (κ1) is 23.8. The Morgan fingerprint density at radius 2 is 1.97 bits per heavy atom. The molecule has 1 aliphatic heterocycles. The molecule has 2 aromatic rings. The summed E-state index contributed by atoms with van der Waals surface area (Å²) < 4.78 is 11.5. The molecular weight excluding hydrogens is 444 g/mol. The fraction of sp³-hybridized carbons (Fsp3) is 0.167. The third kappa shape index (κ3) is 5.50. The Hall–Kier alpha value is -3.85. The molecule has 0 N–H and O–H groups in total. The predicted octanol–water partition coefficient (Wildman–Crippen LogP) is 5.13. The number of nitro benzene ring substituents is 1. The highest BCUT2D eigenvalue weighted by atomic mass is 32.2. The third-order valence-electron chi connectivity index (χ3n) is 4.73. The normalized spacial score (nSPS) is 14.5. The van der Waals surface area contributed by atoms with Gasteiger partial charge in [0, 0.05) is 24.2 Å². The number of carbonyl (C=O) groups is 2. The number of amides is 2. The van der Waals surface area contributed by atoms with Crippen molar-refractivity contribution < 1.29 is 24.0 Å². The van der Waals surface area contributed by atoms with Crippen molar-refractivity contribution in [2.24, 2.45) is 0 Å². The number of nitro groups is 1. The molecule has 1 aliphatic rings. The van der Waals surface area contributed by atoms with Gasteiger partial charge in [-0.3, -0.25) is 24.6 Å². The molecule has 8 nitrogen and oxygen atoms in total. The first-order chi connectivity index (χ1) is 15.9. The molecule has 9 heteroatoms. The zero-order chi connectivity index (χ0) is 24.0. The van der Waals surface area contributed by atoms with Crippen LogP contribution in [0.4, 0.5) is 10.5 Å². The summed E-state index contributed by atoms with van der Waals surface area (Å²) in [6.07, 6.45) is 5.29. The van der Waals surface area contributed by atoms with E-state index in [4.69, 9.17) is 9.47 Å². The smallest absolute Gasteiger partial charge is 0.293 e. The molecule has 0 bridgehead atoms. The van der Waals surface area contributed by atoms with Gasteiger partial charge >= 0.3 is 0 Å². The number of methoxy groups -OCH3 is 1. The molecule has 1 heterocycles. The standard InChI is InChI=1S/C24H22N2O6S/c1-4-7-18-11-17(14-21-23(27)25(10-5-2)24(28)33-21)13-20(31-3)22(18)32-15-16-8-6-9-19(12-16)26(29)30/h4-6,8-9,11-14H,1-2,7,10,15H2,3H3/b21-14+. The van der Waals surface area contributed by atoms with E-state index in [1.165, 1.54) is 25.3 Å². The van der Waals surface area contributed by atoms with Gasteiger partial charge in [-0.1, -0.05) is 24.3 Å². The van der Waals surface area contributed by atoms with E-state index >= 15 is 0 Å². The molecule has 0 aromatic heterocycles. The van der Waals surface area contributed by atoms with Gasteiger partial charge in [-0.25, -0.2) is 0 Å². The summed E-state index contributed by atoms with van der Waals surface area (Å²) in [6, 6.07) is 9.74. The van der Waals surface area contributed by atoms with Crippen molar-refractivity contribution >= 4 is 34.7 Å². The maximum atomic E-state index is 12.5. The van der Waals surface area contributed by atoms with E-state index in [0.717, 1.165) is 22.2 Å². The SMILES string of the molecule is C=CCc1cc(/C=C2/SC(=O)N(CC=C)C2=O)cc(OC)c1OCc1cccc([N+](=O)[O-])c1. The number of rotatable bonds is 10. The Balaban J connectivity index is 1.92. The van der Waals surface area contributed by atoms with Crippen LogP contribution in [0.15, 0.2) is 66.6 Å². The Kier molecular flexibility index (Phi) is 7.68. The van der Waals surface area contributed by atoms with Crippen molar-refractivity contribution in [3.05, 3.63) is 93.4 Å². The van der Waals surface area contributed by atoms with Crippen molar-refractivity contribution in [1.82, 2.24) is 4.90 Å². The molecule has 0 unspecified atom stereocenters. The molecule has 170 valence electrons. The number of imide groups is 1. The highest BCUT2D eigenvalue weighted by Crippen LogP contribution is 2.37. The van der Waals surface area contributed by atoms with E-state index in [1.54, 1.807) is 30.4 Å². The first-order valence-corrected chi connectivity index (χ1v) is 10.7. The van der Waals surface area contributed by atoms with Crippen molar-refractivity contribution in [2.75, 3.05) is 13.7 Å². The van der Waals surface area contributed by atoms with E-state index in [9.17, 15) is 19.7 Å². The van der Waals surface area contributed by atoms with Gasteiger partial charge in [-0.05, 0) is 47.5 Å². The molecule has 0 saturated carbocycles. The average molecular weight is 467 g/mol. The number of hydrogen-bond acceptors (Lipinski definition) is 7. The Labute approximate surface area is 195 Å². The van der Waals surface area contributed by atoms with Gasteiger partial charge in [0.2, 0.25) is 0 Å². The third-order valence-corrected chi connectivity index (χ3v) is 5.63. The van der Waals surface area contributed by atoms with Crippen molar-refractivity contribution in [3.63, 3.8) is 0 Å². The van der Waals surface area contributed by atoms with Gasteiger partial charge in [0.05, 0.1) is 16.9 Å². The number of hydrogen-bond donors (Lipinski definition) is 0. The lowest BCUT2D eigenvalue weighted by atomic mass is 10.0. The van der Waals surface area contributed by atoms with E-state index in [0.29, 0.717) is 34.0 Å². The summed E-state index contributed by atoms with van der Waals surface area (Å²) in [5.41, 5.74) is 2.03. The Morgan fingerprint density at radius 1 is 1.18 bits per heavy atom. The van der Waals surface area contributed by atoms with Crippen LogP contribution in [-0.4, -0.2) is 34.6 Å². The molecule has 2 amide bonds. The van der Waals surface area contributed by atoms with Crippen LogP contribution < -0.4 is 9.47 Å². The minimum absolute atomic E-state index is 0.0184. The van der Waals surface area contributed by atoms with Crippen molar-refractivity contribution in [3.8, 4) is 11.5 Å². The van der Waals surface area contributed by atoms with Gasteiger partial charge in [0.1, 0.15) is 6.61 Å². The van der Waals surface area contributed by atoms with E-state index in [2.05, 4.69) is 13.2 Å². The summed E-state index contributed by atoms with van der Waals surface area (Å²) in [5.74, 6) is 0.525. The fourth-order valence-electron chi connectivity index (χ4n) is 3.24. The summed E-state index contributed by atoms with van der Waals surface area (Å²) >= 11 is 0.868. The molecule has 0 atom stereocenters. The first-order valence-electron chi connectivity index (χ1n) is 9.92. The summed E-state index contributed by atoms with van der Waals surface area (Å²) in [4.78, 5) is 36.6. The van der Waals surface area contributed by atoms with E-state index < -0.39 is 4.92 Å². The number of nitrogens with zero attached hydrogens (tertiary/aromatic N) is 2. The van der Waals surface area contributed by atoms with Gasteiger partial charge < -0.3 is 9.47 Å². The van der Waals surface area contributed by atoms with E-state index in [1.807, 2.05) is 6.07 Å². The van der Waals surface area contributed by atoms with Crippen LogP contribution in [0.3, 0.4) is 0 Å². The Bertz CT molecular complexity index is 1160. The number of ether oxygens (including phenoxy) is 2. The van der Waals surface area contributed by atoms with E-state index in [-0.39, 0.29) is 30.0 Å². The number of allylic oxidation sites excluding steroid dienone is 1. The second-order valence-corrected chi connectivity index (χ2v) is 7.99. The molecule has 0 radical (unpaired) electrons. The van der Waals surface area contributed by atoms with Crippen LogP contribution >= 0.6 is 11.8 Å². The fourth-order valence-corrected chi connectivity index (χ4v) is 4.09. The summed E-state index contributed by atoms with van der Waals surface area (Å²) in [7, 11) is 1.50. The van der Waals surface area contributed by atoms with Crippen LogP contribution in [0.2, 0.25) is 0 Å². The van der Waals surface area contributed by atoms with Crippen molar-refractivity contribution in [2.45, 2.75) is 13.0 Å². The minimum Gasteiger partial charge on any atom is -0.493 e. The molecule has 3 rings (SSSR count). The van der Waals surface area contributed by atoms with Crippen LogP contribution in [0.1, 0.15) is 16.7 Å². The maximum Gasteiger partial charge on any atom is 0.293 e. The van der Waals surface area contributed by atoms with Crippen molar-refractivity contribution in [1.29, 1.82) is 0 Å². The quantitative estimate of drug-likeness (QED) is 0.207. The predicted molar refractivity (Wildman–Crippen MR) is 127 cm³/mol. The lowest BCUT2D eigenvalue weighted by molar-refractivity contribution is -0.384. The maximum absolute atomic E-state index is 12.5. The molecule has 1 fully saturated rings. The number of carbonyl (C=O) groups excluding carboxylic acids is 2. The summed E-state index contributed by atoms with van der Waals surface area (Å²) in [5, 5.41) is 10.7. The lowest BCUT2D eigenvalue weighted by Crippen LogP contribution is -2.27. The zero-order valence-electron chi connectivity index (χ0n) is 18.0. The number of benzene rings is 2. The highest BCUT2D eigenvalue weighted by Gasteiger charge is 2.34. The number of non-ortho nitro benzene ring substituents is 1. The molecule has 2 aromatic carbocycles. The van der Waals surface area contributed by atoms with Gasteiger partial charge in [-0.15, -0.1) is 13.2 Å². The lowest BCUT2D eigenvalue weighted by Gasteiger charge is -2.16. The number of thioether (sulfide) groups is 1. The topological polar surface area (TPSA) is 99.0 Å². The second kappa shape index (κ2) is 10.6. The molecular formula is C24H22N2O6S. The summed E-state index contributed by atoms with van der Waals surface area (Å²) in [6.45, 7) is 7.60. The van der Waals surface area contributed by atoms with Crippen LogP contribution in [0, 0.1) is 10.1 Å². The average Bonchev–Trinajstić information content (AvgIpc) is 3.06. The van der Waals surface area contributed by atoms with Gasteiger partial charge in [0.25, 0.3) is 16.8 Å². The molecule has 33 heavy (non-hydrogen) atoms. The van der Waals surface area contributed by atoms with Crippen LogP contribution in [0.5, 0.6) is 11.5 Å². The van der Waals surface area contributed by atoms with Gasteiger partial charge in [0.15, 0.2) is 11.5 Å². The monoisotopic (exact) mass is 466 g/mol.